The normalized spacial score (nSPS) is 10.6. The van der Waals surface area contributed by atoms with Gasteiger partial charge in [0.1, 0.15) is 11.8 Å². The third kappa shape index (κ3) is 1.82. The van der Waals surface area contributed by atoms with Crippen molar-refractivity contribution in [1.82, 2.24) is 4.98 Å². The first-order chi connectivity index (χ1) is 6.57. The zero-order chi connectivity index (χ0) is 10.7. The highest BCUT2D eigenvalue weighted by Gasteiger charge is 2.25. The molecule has 1 heterocycles. The summed E-state index contributed by atoms with van der Waals surface area (Å²) >= 11 is 0. The van der Waals surface area contributed by atoms with Gasteiger partial charge in [0.05, 0.1) is 11.5 Å². The van der Waals surface area contributed by atoms with Gasteiger partial charge in [-0.1, -0.05) is 0 Å². The molecule has 0 bridgehead atoms. The molecule has 0 unspecified atom stereocenters. The largest absolute Gasteiger partial charge is 0.392 e. The van der Waals surface area contributed by atoms with Gasteiger partial charge >= 0.3 is 0 Å². The molecule has 0 aliphatic carbocycles. The number of aliphatic hydroxyl groups excluding tert-OH is 1. The van der Waals surface area contributed by atoms with Crippen LogP contribution in [0.15, 0.2) is 12.4 Å². The predicted molar refractivity (Wildman–Crippen MR) is 41.8 cm³/mol. The SMILES string of the molecule is O=[N+]([O-])c1cncc(CO)c1C(F)F. The highest BCUT2D eigenvalue weighted by Crippen LogP contribution is 2.30. The van der Waals surface area contributed by atoms with E-state index in [-0.39, 0.29) is 5.56 Å². The van der Waals surface area contributed by atoms with E-state index in [1.165, 1.54) is 0 Å². The van der Waals surface area contributed by atoms with E-state index >= 15 is 0 Å². The molecule has 5 nitrogen and oxygen atoms in total. The number of hydrogen-bond acceptors (Lipinski definition) is 4. The zero-order valence-electron chi connectivity index (χ0n) is 6.85. The molecule has 0 radical (unpaired) electrons. The van der Waals surface area contributed by atoms with Crippen LogP contribution in [0, 0.1) is 10.1 Å². The third-order valence-corrected chi connectivity index (χ3v) is 1.63. The van der Waals surface area contributed by atoms with Crippen LogP contribution in [-0.2, 0) is 6.61 Å². The molecule has 7 heteroatoms. The van der Waals surface area contributed by atoms with Gasteiger partial charge in [0, 0.05) is 11.8 Å². The van der Waals surface area contributed by atoms with Crippen molar-refractivity contribution in [3.8, 4) is 0 Å². The van der Waals surface area contributed by atoms with Crippen molar-refractivity contribution < 1.29 is 18.8 Å². The Labute approximate surface area is 77.2 Å². The van der Waals surface area contributed by atoms with Crippen molar-refractivity contribution in [3.05, 3.63) is 33.6 Å². The lowest BCUT2D eigenvalue weighted by molar-refractivity contribution is -0.386. The number of halogens is 2. The molecular weight excluding hydrogens is 198 g/mol. The van der Waals surface area contributed by atoms with Crippen molar-refractivity contribution in [1.29, 1.82) is 0 Å². The zero-order valence-corrected chi connectivity index (χ0v) is 6.85. The Morgan fingerprint density at radius 2 is 2.21 bits per heavy atom. The molecule has 0 spiro atoms. The number of aliphatic hydroxyl groups is 1. The fourth-order valence-electron chi connectivity index (χ4n) is 1.02. The van der Waals surface area contributed by atoms with Crippen LogP contribution in [0.2, 0.25) is 0 Å². The average molecular weight is 204 g/mol. The van der Waals surface area contributed by atoms with Crippen molar-refractivity contribution in [2.45, 2.75) is 13.0 Å². The van der Waals surface area contributed by atoms with E-state index in [9.17, 15) is 18.9 Å². The lowest BCUT2D eigenvalue weighted by Gasteiger charge is -2.05. The molecule has 0 saturated carbocycles. The van der Waals surface area contributed by atoms with E-state index in [0.717, 1.165) is 12.4 Å². The first-order valence-electron chi connectivity index (χ1n) is 3.58. The molecular formula is C7H6F2N2O3. The Hall–Kier alpha value is -1.63. The van der Waals surface area contributed by atoms with E-state index in [1.807, 2.05) is 0 Å². The molecule has 0 amide bonds. The van der Waals surface area contributed by atoms with Gasteiger partial charge in [-0.05, 0) is 0 Å². The summed E-state index contributed by atoms with van der Waals surface area (Å²) in [5.41, 5.74) is -1.77. The van der Waals surface area contributed by atoms with Gasteiger partial charge in [-0.2, -0.15) is 0 Å². The molecule has 0 fully saturated rings. The second kappa shape index (κ2) is 4.05. The maximum absolute atomic E-state index is 12.4. The minimum absolute atomic E-state index is 0.228. The summed E-state index contributed by atoms with van der Waals surface area (Å²) in [7, 11) is 0. The quantitative estimate of drug-likeness (QED) is 0.596. The summed E-state index contributed by atoms with van der Waals surface area (Å²) in [4.78, 5) is 12.8. The first kappa shape index (κ1) is 10.5. The van der Waals surface area contributed by atoms with Crippen LogP contribution in [0.5, 0.6) is 0 Å². The Bertz CT molecular complexity index is 357. The number of nitrogens with zero attached hydrogens (tertiary/aromatic N) is 2. The van der Waals surface area contributed by atoms with Gasteiger partial charge in [-0.3, -0.25) is 15.1 Å². The summed E-state index contributed by atoms with van der Waals surface area (Å²) in [6.07, 6.45) is -1.28. The smallest absolute Gasteiger partial charge is 0.296 e. The molecule has 0 aliphatic heterocycles. The highest BCUT2D eigenvalue weighted by atomic mass is 19.3. The number of nitro groups is 1. The van der Waals surface area contributed by atoms with Gasteiger partial charge in [-0.25, -0.2) is 8.78 Å². The average Bonchev–Trinajstić information content (AvgIpc) is 2.16. The lowest BCUT2D eigenvalue weighted by atomic mass is 10.1. The highest BCUT2D eigenvalue weighted by molar-refractivity contribution is 5.43. The number of hydrogen-bond donors (Lipinski definition) is 1. The van der Waals surface area contributed by atoms with E-state index in [2.05, 4.69) is 4.98 Å². The number of pyridine rings is 1. The second-order valence-electron chi connectivity index (χ2n) is 2.45. The van der Waals surface area contributed by atoms with Crippen molar-refractivity contribution >= 4 is 5.69 Å². The molecule has 0 saturated heterocycles. The summed E-state index contributed by atoms with van der Waals surface area (Å²) in [5, 5.41) is 19.0. The van der Waals surface area contributed by atoms with Crippen molar-refractivity contribution in [2.24, 2.45) is 0 Å². The fourth-order valence-corrected chi connectivity index (χ4v) is 1.02. The Balaban J connectivity index is 3.35. The van der Waals surface area contributed by atoms with Gasteiger partial charge in [0.25, 0.3) is 12.1 Å². The second-order valence-corrected chi connectivity index (χ2v) is 2.45. The summed E-state index contributed by atoms with van der Waals surface area (Å²) < 4.78 is 24.8. The summed E-state index contributed by atoms with van der Waals surface area (Å²) in [6, 6.07) is 0. The fraction of sp³-hybridized carbons (Fsp3) is 0.286. The topological polar surface area (TPSA) is 76.3 Å². The number of rotatable bonds is 3. The molecule has 1 rings (SSSR count). The minimum Gasteiger partial charge on any atom is -0.392 e. The van der Waals surface area contributed by atoms with Crippen molar-refractivity contribution in [3.63, 3.8) is 0 Å². The van der Waals surface area contributed by atoms with Gasteiger partial charge in [0.15, 0.2) is 0 Å². The molecule has 76 valence electrons. The molecule has 1 aromatic heterocycles. The first-order valence-corrected chi connectivity index (χ1v) is 3.58. The minimum atomic E-state index is -3.00. The van der Waals surface area contributed by atoms with Crippen LogP contribution in [0.25, 0.3) is 0 Å². The van der Waals surface area contributed by atoms with Gasteiger partial charge in [-0.15, -0.1) is 0 Å². The molecule has 1 aromatic rings. The number of alkyl halides is 2. The maximum atomic E-state index is 12.4. The molecule has 1 N–H and O–H groups in total. The van der Waals surface area contributed by atoms with Gasteiger partial charge < -0.3 is 5.11 Å². The number of aromatic nitrogens is 1. The monoisotopic (exact) mass is 204 g/mol. The Kier molecular flexibility index (Phi) is 3.03. The van der Waals surface area contributed by atoms with Crippen LogP contribution in [0.3, 0.4) is 0 Å². The van der Waals surface area contributed by atoms with E-state index in [1.54, 1.807) is 0 Å². The Morgan fingerprint density at radius 3 is 2.64 bits per heavy atom. The van der Waals surface area contributed by atoms with Crippen LogP contribution in [0.4, 0.5) is 14.5 Å². The molecule has 0 atom stereocenters. The van der Waals surface area contributed by atoms with Crippen LogP contribution in [-0.4, -0.2) is 15.0 Å². The predicted octanol–water partition coefficient (Wildman–Crippen LogP) is 1.42. The lowest BCUT2D eigenvalue weighted by Crippen LogP contribution is -2.02. The van der Waals surface area contributed by atoms with Gasteiger partial charge in [0.2, 0.25) is 0 Å². The van der Waals surface area contributed by atoms with Crippen molar-refractivity contribution in [2.75, 3.05) is 0 Å². The standard InChI is InChI=1S/C7H6F2N2O3/c8-7(9)6-4(3-12)1-10-2-5(6)11(13)14/h1-2,7,12H,3H2. The molecule has 0 aliphatic rings. The Morgan fingerprint density at radius 1 is 1.57 bits per heavy atom. The molecule has 0 aromatic carbocycles. The third-order valence-electron chi connectivity index (χ3n) is 1.63. The summed E-state index contributed by atoms with van der Waals surface area (Å²) in [5.74, 6) is 0. The summed E-state index contributed by atoms with van der Waals surface area (Å²) in [6.45, 7) is -0.700. The van der Waals surface area contributed by atoms with E-state index in [0.29, 0.717) is 0 Å². The van der Waals surface area contributed by atoms with E-state index in [4.69, 9.17) is 5.11 Å². The molecule has 14 heavy (non-hydrogen) atoms. The van der Waals surface area contributed by atoms with Crippen LogP contribution in [0.1, 0.15) is 17.6 Å². The van der Waals surface area contributed by atoms with Crippen LogP contribution >= 0.6 is 0 Å². The van der Waals surface area contributed by atoms with E-state index < -0.39 is 29.2 Å². The maximum Gasteiger partial charge on any atom is 0.296 e. The van der Waals surface area contributed by atoms with Crippen LogP contribution < -0.4 is 0 Å².